The molecule has 1 N–H and O–H groups in total. The van der Waals surface area contributed by atoms with E-state index in [1.807, 2.05) is 31.2 Å². The molecule has 0 saturated heterocycles. The SMILES string of the molecule is CCc1ccc(NC(=O)C(C)Sc2nnc3c(Cl)cc(Cl)cn23)cc1. The van der Waals surface area contributed by atoms with Gasteiger partial charge in [-0.15, -0.1) is 10.2 Å². The average Bonchev–Trinajstić information content (AvgIpc) is 2.98. The molecule has 0 fully saturated rings. The number of aryl methyl sites for hydroxylation is 1. The van der Waals surface area contributed by atoms with Gasteiger partial charge in [-0.1, -0.05) is 54.0 Å². The number of halogens is 2. The molecular formula is C17H16Cl2N4OS. The first-order valence-corrected chi connectivity index (χ1v) is 9.37. The Morgan fingerprint density at radius 1 is 1.28 bits per heavy atom. The molecule has 0 spiro atoms. The van der Waals surface area contributed by atoms with Crippen LogP contribution in [0.4, 0.5) is 5.69 Å². The van der Waals surface area contributed by atoms with Crippen molar-refractivity contribution < 1.29 is 4.79 Å². The van der Waals surface area contributed by atoms with E-state index in [1.165, 1.54) is 17.3 Å². The fourth-order valence-corrected chi connectivity index (χ4v) is 3.59. The first-order valence-electron chi connectivity index (χ1n) is 7.74. The summed E-state index contributed by atoms with van der Waals surface area (Å²) in [4.78, 5) is 12.4. The maximum atomic E-state index is 12.4. The monoisotopic (exact) mass is 394 g/mol. The highest BCUT2D eigenvalue weighted by atomic mass is 35.5. The molecule has 3 rings (SSSR count). The van der Waals surface area contributed by atoms with Crippen molar-refractivity contribution in [3.05, 3.63) is 52.1 Å². The van der Waals surface area contributed by atoms with E-state index in [0.29, 0.717) is 20.8 Å². The number of anilines is 1. The summed E-state index contributed by atoms with van der Waals surface area (Å²) in [5, 5.41) is 12.1. The summed E-state index contributed by atoms with van der Waals surface area (Å²) < 4.78 is 1.69. The molecule has 1 amide bonds. The molecule has 1 aromatic carbocycles. The van der Waals surface area contributed by atoms with Crippen molar-refractivity contribution in [2.24, 2.45) is 0 Å². The van der Waals surface area contributed by atoms with Gasteiger partial charge in [0.1, 0.15) is 0 Å². The van der Waals surface area contributed by atoms with E-state index in [2.05, 4.69) is 22.4 Å². The number of fused-ring (bicyclic) bond motifs is 1. The van der Waals surface area contributed by atoms with Gasteiger partial charge in [-0.25, -0.2) is 0 Å². The van der Waals surface area contributed by atoms with Crippen LogP contribution in [0, 0.1) is 0 Å². The van der Waals surface area contributed by atoms with Crippen molar-refractivity contribution in [3.63, 3.8) is 0 Å². The smallest absolute Gasteiger partial charge is 0.237 e. The van der Waals surface area contributed by atoms with E-state index in [0.717, 1.165) is 12.1 Å². The molecule has 130 valence electrons. The topological polar surface area (TPSA) is 59.3 Å². The molecule has 0 aliphatic carbocycles. The summed E-state index contributed by atoms with van der Waals surface area (Å²) in [7, 11) is 0. The molecule has 0 saturated carbocycles. The summed E-state index contributed by atoms with van der Waals surface area (Å²) in [5.74, 6) is -0.112. The summed E-state index contributed by atoms with van der Waals surface area (Å²) in [6.45, 7) is 3.90. The second kappa shape index (κ2) is 7.64. The number of carbonyl (C=O) groups is 1. The van der Waals surface area contributed by atoms with Crippen molar-refractivity contribution >= 4 is 52.2 Å². The number of thioether (sulfide) groups is 1. The molecule has 0 aliphatic rings. The Balaban J connectivity index is 1.73. The second-order valence-electron chi connectivity index (χ2n) is 5.48. The molecule has 2 heterocycles. The van der Waals surface area contributed by atoms with E-state index < -0.39 is 0 Å². The minimum absolute atomic E-state index is 0.112. The normalized spacial score (nSPS) is 12.3. The van der Waals surface area contributed by atoms with Crippen LogP contribution in [0.1, 0.15) is 19.4 Å². The molecule has 0 bridgehead atoms. The van der Waals surface area contributed by atoms with Crippen molar-refractivity contribution in [3.8, 4) is 0 Å². The van der Waals surface area contributed by atoms with Crippen LogP contribution >= 0.6 is 35.0 Å². The van der Waals surface area contributed by atoms with Gasteiger partial charge in [0.25, 0.3) is 0 Å². The van der Waals surface area contributed by atoms with Gasteiger partial charge in [-0.05, 0) is 37.1 Å². The fraction of sp³-hybridized carbons (Fsp3) is 0.235. The largest absolute Gasteiger partial charge is 0.325 e. The molecule has 25 heavy (non-hydrogen) atoms. The minimum atomic E-state index is -0.365. The van der Waals surface area contributed by atoms with Gasteiger partial charge in [-0.3, -0.25) is 9.20 Å². The van der Waals surface area contributed by atoms with E-state index in [9.17, 15) is 4.79 Å². The zero-order chi connectivity index (χ0) is 18.0. The lowest BCUT2D eigenvalue weighted by molar-refractivity contribution is -0.115. The van der Waals surface area contributed by atoms with Gasteiger partial charge in [0.05, 0.1) is 15.3 Å². The highest BCUT2D eigenvalue weighted by Crippen LogP contribution is 2.28. The van der Waals surface area contributed by atoms with Gasteiger partial charge in [0, 0.05) is 11.9 Å². The zero-order valence-corrected chi connectivity index (χ0v) is 16.0. The molecule has 8 heteroatoms. The van der Waals surface area contributed by atoms with Gasteiger partial charge in [-0.2, -0.15) is 0 Å². The number of nitrogens with one attached hydrogen (secondary N) is 1. The molecule has 1 atom stereocenters. The summed E-state index contributed by atoms with van der Waals surface area (Å²) in [6.07, 6.45) is 2.64. The average molecular weight is 395 g/mol. The number of amides is 1. The third kappa shape index (κ3) is 4.08. The van der Waals surface area contributed by atoms with E-state index in [1.54, 1.807) is 16.7 Å². The third-order valence-corrected chi connectivity index (χ3v) is 5.22. The van der Waals surface area contributed by atoms with Crippen LogP contribution < -0.4 is 5.32 Å². The number of hydrogen-bond donors (Lipinski definition) is 1. The Hall–Kier alpha value is -1.76. The minimum Gasteiger partial charge on any atom is -0.325 e. The third-order valence-electron chi connectivity index (χ3n) is 3.68. The lowest BCUT2D eigenvalue weighted by atomic mass is 10.1. The van der Waals surface area contributed by atoms with Crippen molar-refractivity contribution in [1.82, 2.24) is 14.6 Å². The zero-order valence-electron chi connectivity index (χ0n) is 13.7. The van der Waals surface area contributed by atoms with E-state index >= 15 is 0 Å². The second-order valence-corrected chi connectivity index (χ2v) is 7.63. The number of nitrogens with zero attached hydrogens (tertiary/aromatic N) is 3. The van der Waals surface area contributed by atoms with Crippen LogP contribution in [0.15, 0.2) is 41.7 Å². The van der Waals surface area contributed by atoms with Crippen LogP contribution in [0.5, 0.6) is 0 Å². The predicted molar refractivity (Wildman–Crippen MR) is 103 cm³/mol. The Morgan fingerprint density at radius 3 is 2.68 bits per heavy atom. The van der Waals surface area contributed by atoms with Crippen molar-refractivity contribution in [2.75, 3.05) is 5.32 Å². The van der Waals surface area contributed by atoms with Crippen LogP contribution in [0.2, 0.25) is 10.0 Å². The number of benzene rings is 1. The quantitative estimate of drug-likeness (QED) is 0.636. The lowest BCUT2D eigenvalue weighted by Gasteiger charge is -2.11. The van der Waals surface area contributed by atoms with Crippen LogP contribution in [-0.4, -0.2) is 25.8 Å². The summed E-state index contributed by atoms with van der Waals surface area (Å²) >= 11 is 13.4. The van der Waals surface area contributed by atoms with Gasteiger partial charge in [0.15, 0.2) is 10.8 Å². The summed E-state index contributed by atoms with van der Waals surface area (Å²) in [5.41, 5.74) is 2.51. The number of carbonyl (C=O) groups excluding carboxylic acids is 1. The number of hydrogen-bond acceptors (Lipinski definition) is 4. The van der Waals surface area contributed by atoms with Gasteiger partial charge < -0.3 is 5.32 Å². The lowest BCUT2D eigenvalue weighted by Crippen LogP contribution is -2.22. The van der Waals surface area contributed by atoms with E-state index in [-0.39, 0.29) is 11.2 Å². The van der Waals surface area contributed by atoms with Gasteiger partial charge in [0.2, 0.25) is 5.91 Å². The number of rotatable bonds is 5. The Bertz CT molecular complexity index is 911. The maximum Gasteiger partial charge on any atom is 0.237 e. The van der Waals surface area contributed by atoms with E-state index in [4.69, 9.17) is 23.2 Å². The Labute approximate surface area is 159 Å². The maximum absolute atomic E-state index is 12.4. The summed E-state index contributed by atoms with van der Waals surface area (Å²) in [6, 6.07) is 9.42. The molecule has 1 unspecified atom stereocenters. The Kier molecular flexibility index (Phi) is 5.51. The number of aromatic nitrogens is 3. The first kappa shape index (κ1) is 18.0. The van der Waals surface area contributed by atoms with Crippen LogP contribution in [-0.2, 0) is 11.2 Å². The standard InChI is InChI=1S/C17H16Cl2N4OS/c1-3-11-4-6-13(7-5-11)20-16(24)10(2)25-17-22-21-15-14(19)8-12(18)9-23(15)17/h4-10H,3H2,1-2H3,(H,20,24). The van der Waals surface area contributed by atoms with Crippen molar-refractivity contribution in [2.45, 2.75) is 30.7 Å². The first-order chi connectivity index (χ1) is 12.0. The predicted octanol–water partition coefficient (Wildman–Crippen LogP) is 4.72. The highest BCUT2D eigenvalue weighted by molar-refractivity contribution is 8.00. The Morgan fingerprint density at radius 2 is 2.00 bits per heavy atom. The molecule has 2 aromatic heterocycles. The van der Waals surface area contributed by atoms with Gasteiger partial charge >= 0.3 is 0 Å². The molecule has 0 aliphatic heterocycles. The molecule has 5 nitrogen and oxygen atoms in total. The highest BCUT2D eigenvalue weighted by Gasteiger charge is 2.19. The number of pyridine rings is 1. The molecule has 3 aromatic rings. The fourth-order valence-electron chi connectivity index (χ4n) is 2.26. The van der Waals surface area contributed by atoms with Crippen LogP contribution in [0.25, 0.3) is 5.65 Å². The van der Waals surface area contributed by atoms with Crippen molar-refractivity contribution in [1.29, 1.82) is 0 Å². The molecular weight excluding hydrogens is 379 g/mol. The van der Waals surface area contributed by atoms with Crippen LogP contribution in [0.3, 0.4) is 0 Å². The molecule has 0 radical (unpaired) electrons.